The number of nitrogens with zero attached hydrogens (tertiary/aromatic N) is 1. The molecule has 0 bridgehead atoms. The van der Waals surface area contributed by atoms with E-state index in [4.69, 9.17) is 0 Å². The molecule has 0 saturated heterocycles. The van der Waals surface area contributed by atoms with Crippen molar-refractivity contribution >= 4 is 5.69 Å². The number of fused-ring (bicyclic) bond motifs is 1. The second-order valence-electron chi connectivity index (χ2n) is 6.98. The van der Waals surface area contributed by atoms with Crippen molar-refractivity contribution in [1.29, 1.82) is 0 Å². The molecule has 1 N–H and O–H groups in total. The van der Waals surface area contributed by atoms with Gasteiger partial charge in [0, 0.05) is 24.3 Å². The van der Waals surface area contributed by atoms with Crippen LogP contribution in [0.1, 0.15) is 51.0 Å². The topological polar surface area (TPSA) is 15.3 Å². The third-order valence-electron chi connectivity index (χ3n) is 5.84. The fourth-order valence-corrected chi connectivity index (χ4v) is 4.17. The number of aryl methyl sites for hydroxylation is 1. The van der Waals surface area contributed by atoms with Crippen molar-refractivity contribution in [2.75, 3.05) is 18.9 Å². The first-order chi connectivity index (χ1) is 10.3. The summed E-state index contributed by atoms with van der Waals surface area (Å²) in [5.41, 5.74) is 2.84. The smallest absolute Gasteiger partial charge is 0.0373 e. The Morgan fingerprint density at radius 1 is 1.05 bits per heavy atom. The first-order valence-corrected chi connectivity index (χ1v) is 8.81. The van der Waals surface area contributed by atoms with Crippen LogP contribution in [0.25, 0.3) is 0 Å². The van der Waals surface area contributed by atoms with Crippen LogP contribution in [0.2, 0.25) is 0 Å². The van der Waals surface area contributed by atoms with Crippen molar-refractivity contribution in [1.82, 2.24) is 4.90 Å². The van der Waals surface area contributed by atoms with Crippen molar-refractivity contribution < 1.29 is 0 Å². The number of hydrogen-bond acceptors (Lipinski definition) is 2. The Balaban J connectivity index is 1.58. The van der Waals surface area contributed by atoms with Gasteiger partial charge in [0.05, 0.1) is 0 Å². The summed E-state index contributed by atoms with van der Waals surface area (Å²) in [6.45, 7) is 3.45. The van der Waals surface area contributed by atoms with E-state index < -0.39 is 0 Å². The maximum Gasteiger partial charge on any atom is 0.0373 e. The van der Waals surface area contributed by atoms with Crippen molar-refractivity contribution in [3.05, 3.63) is 29.8 Å². The van der Waals surface area contributed by atoms with E-state index in [0.717, 1.165) is 18.5 Å². The number of nitrogens with one attached hydrogen (secondary N) is 1. The second kappa shape index (κ2) is 6.83. The molecule has 2 nitrogen and oxygen atoms in total. The molecular weight excluding hydrogens is 256 g/mol. The van der Waals surface area contributed by atoms with Crippen LogP contribution < -0.4 is 5.32 Å². The Labute approximate surface area is 129 Å². The third kappa shape index (κ3) is 3.42. The molecule has 21 heavy (non-hydrogen) atoms. The van der Waals surface area contributed by atoms with Gasteiger partial charge >= 0.3 is 0 Å². The zero-order valence-electron chi connectivity index (χ0n) is 13.6. The summed E-state index contributed by atoms with van der Waals surface area (Å²) in [5.74, 6) is 0.992. The van der Waals surface area contributed by atoms with Crippen LogP contribution in [-0.4, -0.2) is 30.6 Å². The lowest BCUT2D eigenvalue weighted by Crippen LogP contribution is -2.45. The molecule has 0 spiro atoms. The quantitative estimate of drug-likeness (QED) is 0.890. The number of rotatable bonds is 3. The Bertz CT molecular complexity index is 422. The molecular formula is C19H30N2. The van der Waals surface area contributed by atoms with E-state index in [9.17, 15) is 0 Å². The number of anilines is 1. The van der Waals surface area contributed by atoms with Gasteiger partial charge in [-0.25, -0.2) is 0 Å². The lowest BCUT2D eigenvalue weighted by molar-refractivity contribution is 0.120. The maximum atomic E-state index is 3.67. The predicted octanol–water partition coefficient (Wildman–Crippen LogP) is 4.31. The van der Waals surface area contributed by atoms with Gasteiger partial charge in [0.2, 0.25) is 0 Å². The minimum atomic E-state index is 0.681. The van der Waals surface area contributed by atoms with Crippen LogP contribution in [0.4, 0.5) is 5.69 Å². The summed E-state index contributed by atoms with van der Waals surface area (Å²) >= 11 is 0. The minimum Gasteiger partial charge on any atom is -0.383 e. The highest BCUT2D eigenvalue weighted by molar-refractivity contribution is 5.52. The minimum absolute atomic E-state index is 0.681. The number of likely N-dealkylation sites (N-methyl/N-ethyl adjacent to an activating group) is 1. The van der Waals surface area contributed by atoms with E-state index in [2.05, 4.69) is 48.5 Å². The van der Waals surface area contributed by atoms with Crippen molar-refractivity contribution in [3.63, 3.8) is 0 Å². The van der Waals surface area contributed by atoms with Crippen LogP contribution in [-0.2, 0) is 6.42 Å². The molecule has 1 saturated carbocycles. The Morgan fingerprint density at radius 3 is 2.57 bits per heavy atom. The highest BCUT2D eigenvalue weighted by atomic mass is 15.2. The summed E-state index contributed by atoms with van der Waals surface area (Å²) < 4.78 is 0. The summed E-state index contributed by atoms with van der Waals surface area (Å²) in [6.07, 6.45) is 9.54. The zero-order chi connectivity index (χ0) is 14.7. The Hall–Kier alpha value is -1.02. The summed E-state index contributed by atoms with van der Waals surface area (Å²) in [7, 11) is 2.36. The Morgan fingerprint density at radius 2 is 1.81 bits per heavy atom. The molecule has 2 heteroatoms. The molecule has 0 aromatic heterocycles. The lowest BCUT2D eigenvalue weighted by atomic mass is 9.83. The van der Waals surface area contributed by atoms with Crippen molar-refractivity contribution in [2.45, 2.75) is 64.0 Å². The molecule has 1 aliphatic carbocycles. The van der Waals surface area contributed by atoms with Crippen LogP contribution >= 0.6 is 0 Å². The fraction of sp³-hybridized carbons (Fsp3) is 0.684. The standard InChI is InChI=1S/C19H30N2/c1-3-15-8-11-17(12-9-15)21(2)18-13-10-16-6-4-5-7-19(16)20-14-18/h4-7,15,17-18,20H,3,8-14H2,1-2H3. The van der Waals surface area contributed by atoms with E-state index in [-0.39, 0.29) is 0 Å². The van der Waals surface area contributed by atoms with Gasteiger partial charge in [-0.15, -0.1) is 0 Å². The monoisotopic (exact) mass is 286 g/mol. The van der Waals surface area contributed by atoms with Crippen molar-refractivity contribution in [3.8, 4) is 0 Å². The zero-order valence-corrected chi connectivity index (χ0v) is 13.6. The van der Waals surface area contributed by atoms with E-state index in [1.807, 2.05) is 0 Å². The molecule has 116 valence electrons. The number of hydrogen-bond donors (Lipinski definition) is 1. The molecule has 1 fully saturated rings. The van der Waals surface area contributed by atoms with E-state index in [0.29, 0.717) is 6.04 Å². The molecule has 2 aliphatic rings. The number of benzene rings is 1. The van der Waals surface area contributed by atoms with Gasteiger partial charge in [0.25, 0.3) is 0 Å². The molecule has 3 rings (SSSR count). The highest BCUT2D eigenvalue weighted by Crippen LogP contribution is 2.31. The van der Waals surface area contributed by atoms with Gasteiger partial charge in [-0.05, 0) is 63.1 Å². The molecule has 1 aromatic rings. The van der Waals surface area contributed by atoms with Gasteiger partial charge in [0.15, 0.2) is 0 Å². The van der Waals surface area contributed by atoms with Gasteiger partial charge in [-0.1, -0.05) is 31.5 Å². The highest BCUT2D eigenvalue weighted by Gasteiger charge is 2.28. The molecule has 1 aromatic carbocycles. The number of para-hydroxylation sites is 1. The second-order valence-corrected chi connectivity index (χ2v) is 6.98. The molecule has 1 heterocycles. The average Bonchev–Trinajstić information content (AvgIpc) is 2.77. The van der Waals surface area contributed by atoms with Crippen LogP contribution in [0.3, 0.4) is 0 Å². The predicted molar refractivity (Wildman–Crippen MR) is 90.8 cm³/mol. The normalized spacial score (nSPS) is 29.6. The molecule has 0 radical (unpaired) electrons. The molecule has 1 atom stereocenters. The summed E-state index contributed by atoms with van der Waals surface area (Å²) in [4.78, 5) is 2.69. The Kier molecular flexibility index (Phi) is 4.84. The summed E-state index contributed by atoms with van der Waals surface area (Å²) in [5, 5.41) is 3.67. The van der Waals surface area contributed by atoms with E-state index >= 15 is 0 Å². The van der Waals surface area contributed by atoms with E-state index in [1.165, 1.54) is 56.2 Å². The molecule has 0 amide bonds. The third-order valence-corrected chi connectivity index (χ3v) is 5.84. The van der Waals surface area contributed by atoms with E-state index in [1.54, 1.807) is 0 Å². The maximum absolute atomic E-state index is 3.67. The largest absolute Gasteiger partial charge is 0.383 e. The van der Waals surface area contributed by atoms with Gasteiger partial charge in [-0.3, -0.25) is 4.90 Å². The van der Waals surface area contributed by atoms with Crippen LogP contribution in [0.15, 0.2) is 24.3 Å². The molecule has 1 unspecified atom stereocenters. The van der Waals surface area contributed by atoms with Gasteiger partial charge in [-0.2, -0.15) is 0 Å². The van der Waals surface area contributed by atoms with Crippen molar-refractivity contribution in [2.24, 2.45) is 5.92 Å². The molecule has 1 aliphatic heterocycles. The average molecular weight is 286 g/mol. The first-order valence-electron chi connectivity index (χ1n) is 8.81. The van der Waals surface area contributed by atoms with Gasteiger partial charge in [0.1, 0.15) is 0 Å². The van der Waals surface area contributed by atoms with Crippen LogP contribution in [0, 0.1) is 5.92 Å². The SMILES string of the molecule is CCC1CCC(N(C)C2CCc3ccccc3NC2)CC1. The summed E-state index contributed by atoms with van der Waals surface area (Å²) in [6, 6.07) is 10.3. The fourth-order valence-electron chi connectivity index (χ4n) is 4.17. The van der Waals surface area contributed by atoms with Crippen LogP contribution in [0.5, 0.6) is 0 Å². The van der Waals surface area contributed by atoms with Gasteiger partial charge < -0.3 is 5.32 Å². The first kappa shape index (κ1) is 14.9. The lowest BCUT2D eigenvalue weighted by Gasteiger charge is -2.39.